The lowest BCUT2D eigenvalue weighted by molar-refractivity contribution is -0.661. The molecule has 24 heavy (non-hydrogen) atoms. The highest BCUT2D eigenvalue weighted by Crippen LogP contribution is 2.36. The largest absolute Gasteiger partial charge is 1.00 e. The molecule has 2 aliphatic heterocycles. The third-order valence-electron chi connectivity index (χ3n) is 5.12. The highest BCUT2D eigenvalue weighted by molar-refractivity contribution is 5.96. The van der Waals surface area contributed by atoms with Gasteiger partial charge in [0.15, 0.2) is 6.54 Å². The predicted molar refractivity (Wildman–Crippen MR) is 92.8 cm³/mol. The Balaban J connectivity index is 0.00000169. The first-order chi connectivity index (χ1) is 11.2. The molecule has 4 heteroatoms. The Morgan fingerprint density at radius 1 is 1.00 bits per heavy atom. The fourth-order valence-corrected chi connectivity index (χ4v) is 3.94. The smallest absolute Gasteiger partial charge is 0.271 e. The second kappa shape index (κ2) is 6.69. The number of β-amino-alcohol motifs (C(OH)–C–C–N with tert-alkyl or cyclic N) is 1. The van der Waals surface area contributed by atoms with E-state index in [0.717, 1.165) is 24.9 Å². The van der Waals surface area contributed by atoms with Gasteiger partial charge in [-0.25, -0.2) is 9.48 Å². The number of hydrogen-bond acceptors (Lipinski definition) is 2. The number of halogens is 1. The van der Waals surface area contributed by atoms with Gasteiger partial charge in [-0.3, -0.25) is 0 Å². The number of aryl methyl sites for hydroxylation is 1. The van der Waals surface area contributed by atoms with Crippen LogP contribution in [-0.4, -0.2) is 28.6 Å². The van der Waals surface area contributed by atoms with E-state index in [0.29, 0.717) is 6.54 Å². The molecule has 0 saturated heterocycles. The molecule has 0 aliphatic carbocycles. The van der Waals surface area contributed by atoms with E-state index >= 15 is 0 Å². The van der Waals surface area contributed by atoms with E-state index in [2.05, 4.69) is 40.7 Å². The summed E-state index contributed by atoms with van der Waals surface area (Å²) in [5, 5.41) is 11.5. The van der Waals surface area contributed by atoms with Crippen molar-refractivity contribution in [2.24, 2.45) is 0 Å². The van der Waals surface area contributed by atoms with Crippen molar-refractivity contribution < 1.29 is 26.7 Å². The number of amidine groups is 1. The fourth-order valence-electron chi connectivity index (χ4n) is 3.94. The van der Waals surface area contributed by atoms with Crippen LogP contribution in [0.15, 0.2) is 54.6 Å². The second-order valence-corrected chi connectivity index (χ2v) is 6.58. The number of anilines is 1. The summed E-state index contributed by atoms with van der Waals surface area (Å²) in [6, 6.07) is 18.5. The Morgan fingerprint density at radius 3 is 2.46 bits per heavy atom. The van der Waals surface area contributed by atoms with Crippen LogP contribution in [0.4, 0.5) is 5.69 Å². The van der Waals surface area contributed by atoms with Crippen LogP contribution in [-0.2, 0) is 5.72 Å². The van der Waals surface area contributed by atoms with Crippen molar-refractivity contribution in [1.82, 2.24) is 0 Å². The first-order valence-corrected chi connectivity index (χ1v) is 8.45. The summed E-state index contributed by atoms with van der Waals surface area (Å²) in [4.78, 5) is 2.32. The molecule has 0 amide bonds. The van der Waals surface area contributed by atoms with Gasteiger partial charge in [0.2, 0.25) is 0 Å². The molecule has 0 fully saturated rings. The third kappa shape index (κ3) is 2.68. The molecule has 2 aliphatic rings. The van der Waals surface area contributed by atoms with E-state index in [-0.39, 0.29) is 17.0 Å². The molecule has 2 heterocycles. The molecular formula is C20H23BrN2O. The maximum atomic E-state index is 11.5. The zero-order valence-corrected chi connectivity index (χ0v) is 15.5. The minimum absolute atomic E-state index is 0. The molecular weight excluding hydrogens is 364 g/mol. The highest BCUT2D eigenvalue weighted by atomic mass is 79.9. The molecule has 2 aromatic carbocycles. The van der Waals surface area contributed by atoms with E-state index in [1.54, 1.807) is 0 Å². The number of nitrogens with zero attached hydrogens (tertiary/aromatic N) is 2. The first kappa shape index (κ1) is 17.2. The maximum absolute atomic E-state index is 11.5. The third-order valence-corrected chi connectivity index (χ3v) is 5.12. The van der Waals surface area contributed by atoms with Crippen molar-refractivity contribution in [3.63, 3.8) is 0 Å². The predicted octanol–water partition coefficient (Wildman–Crippen LogP) is 0.259. The van der Waals surface area contributed by atoms with Crippen LogP contribution in [0.2, 0.25) is 0 Å². The molecule has 3 nitrogen and oxygen atoms in total. The molecule has 1 unspecified atom stereocenters. The number of hydrogen-bond donors (Lipinski definition) is 1. The van der Waals surface area contributed by atoms with Crippen molar-refractivity contribution in [3.05, 3.63) is 65.7 Å². The van der Waals surface area contributed by atoms with Crippen molar-refractivity contribution in [3.8, 4) is 0 Å². The summed E-state index contributed by atoms with van der Waals surface area (Å²) in [7, 11) is 0. The minimum Gasteiger partial charge on any atom is -1.00 e. The Kier molecular flexibility index (Phi) is 4.79. The van der Waals surface area contributed by atoms with Gasteiger partial charge in [-0.2, -0.15) is 0 Å². The van der Waals surface area contributed by atoms with Crippen LogP contribution >= 0.6 is 0 Å². The molecule has 0 radical (unpaired) electrons. The highest BCUT2D eigenvalue weighted by Gasteiger charge is 2.52. The van der Waals surface area contributed by atoms with Crippen molar-refractivity contribution in [2.75, 3.05) is 18.0 Å². The standard InChI is InChI=1S/C20H23N2O.BrH/c1-16-9-5-6-12-18(16)21-15-20(23,17-10-3-2-4-11-17)22-14-8-7-13-19(21)22;/h2-6,9-12,23H,7-8,13-15H2,1H3;1H/q+1;/p-1. The second-order valence-electron chi connectivity index (χ2n) is 6.58. The fraction of sp³-hybridized carbons (Fsp3) is 0.350. The zero-order chi connectivity index (χ0) is 15.9. The van der Waals surface area contributed by atoms with Crippen LogP contribution in [0.1, 0.15) is 30.4 Å². The molecule has 0 saturated carbocycles. The average Bonchev–Trinajstić information content (AvgIpc) is 2.91. The summed E-state index contributed by atoms with van der Waals surface area (Å²) >= 11 is 0. The summed E-state index contributed by atoms with van der Waals surface area (Å²) in [5.41, 5.74) is 2.51. The number of benzene rings is 2. The SMILES string of the molecule is Cc1ccccc1N1CC(O)(c2ccccc2)[N+]2=C1CCCC2.[Br-]. The summed E-state index contributed by atoms with van der Waals surface area (Å²) in [6.07, 6.45) is 3.36. The molecule has 0 bridgehead atoms. The number of rotatable bonds is 2. The van der Waals surface area contributed by atoms with Gasteiger partial charge in [-0.15, -0.1) is 0 Å². The zero-order valence-electron chi connectivity index (χ0n) is 14.0. The Morgan fingerprint density at radius 2 is 1.71 bits per heavy atom. The molecule has 2 aromatic rings. The summed E-state index contributed by atoms with van der Waals surface area (Å²) in [6.45, 7) is 3.66. The number of para-hydroxylation sites is 1. The monoisotopic (exact) mass is 386 g/mol. The Labute approximate surface area is 154 Å². The van der Waals surface area contributed by atoms with Gasteiger partial charge < -0.3 is 22.1 Å². The summed E-state index contributed by atoms with van der Waals surface area (Å²) < 4.78 is 2.22. The van der Waals surface area contributed by atoms with E-state index in [4.69, 9.17) is 0 Å². The molecule has 1 N–H and O–H groups in total. The lowest BCUT2D eigenvalue weighted by atomic mass is 10.0. The van der Waals surface area contributed by atoms with Gasteiger partial charge >= 0.3 is 0 Å². The van der Waals surface area contributed by atoms with E-state index in [1.165, 1.54) is 23.5 Å². The van der Waals surface area contributed by atoms with Gasteiger partial charge in [-0.05, 0) is 31.4 Å². The van der Waals surface area contributed by atoms with Gasteiger partial charge in [-0.1, -0.05) is 48.5 Å². The van der Waals surface area contributed by atoms with Gasteiger partial charge in [0, 0.05) is 12.0 Å². The van der Waals surface area contributed by atoms with Gasteiger partial charge in [0.1, 0.15) is 5.69 Å². The molecule has 0 spiro atoms. The van der Waals surface area contributed by atoms with Crippen LogP contribution < -0.4 is 21.9 Å². The van der Waals surface area contributed by atoms with Crippen molar-refractivity contribution in [2.45, 2.75) is 31.9 Å². The Bertz CT molecular complexity index is 759. The minimum atomic E-state index is -0.931. The Hall–Kier alpha value is -1.65. The molecule has 1 atom stereocenters. The van der Waals surface area contributed by atoms with E-state index in [1.807, 2.05) is 30.3 Å². The van der Waals surface area contributed by atoms with Crippen LogP contribution in [0.5, 0.6) is 0 Å². The lowest BCUT2D eigenvalue weighted by Crippen LogP contribution is -3.00. The van der Waals surface area contributed by atoms with Crippen LogP contribution in [0.25, 0.3) is 0 Å². The quantitative estimate of drug-likeness (QED) is 0.749. The average molecular weight is 387 g/mol. The topological polar surface area (TPSA) is 26.5 Å². The molecule has 0 aromatic heterocycles. The van der Waals surface area contributed by atoms with Gasteiger partial charge in [0.25, 0.3) is 11.6 Å². The molecule has 126 valence electrons. The number of aliphatic hydroxyl groups is 1. The van der Waals surface area contributed by atoms with E-state index < -0.39 is 5.72 Å². The van der Waals surface area contributed by atoms with Gasteiger partial charge in [0.05, 0.1) is 6.54 Å². The first-order valence-electron chi connectivity index (χ1n) is 8.45. The molecule has 4 rings (SSSR count). The normalized spacial score (nSPS) is 23.0. The van der Waals surface area contributed by atoms with Crippen molar-refractivity contribution >= 4 is 11.5 Å². The van der Waals surface area contributed by atoms with E-state index in [9.17, 15) is 5.11 Å². The van der Waals surface area contributed by atoms with Crippen LogP contribution in [0.3, 0.4) is 0 Å². The van der Waals surface area contributed by atoms with Crippen LogP contribution in [0, 0.1) is 6.92 Å². The lowest BCUT2D eigenvalue weighted by Gasteiger charge is -2.24. The maximum Gasteiger partial charge on any atom is 0.271 e. The van der Waals surface area contributed by atoms with Crippen molar-refractivity contribution in [1.29, 1.82) is 0 Å². The summed E-state index contributed by atoms with van der Waals surface area (Å²) in [5.74, 6) is 1.26.